The molecule has 13 heavy (non-hydrogen) atoms. The minimum Gasteiger partial charge on any atom is -0.394 e. The summed E-state index contributed by atoms with van der Waals surface area (Å²) in [5.41, 5.74) is 5.28. The molecular weight excluding hydrogens is 190 g/mol. The van der Waals surface area contributed by atoms with Crippen LogP contribution in [0.4, 0.5) is 0 Å². The largest absolute Gasteiger partial charge is 0.394 e. The monoisotopic (exact) mass is 201 g/mol. The minimum atomic E-state index is -0.847. The van der Waals surface area contributed by atoms with E-state index in [4.69, 9.17) is 10.8 Å². The number of nitrogens with two attached hydrogens (primary N) is 1. The number of nitrogens with zero attached hydrogens (tertiary/aromatic N) is 1. The summed E-state index contributed by atoms with van der Waals surface area (Å²) in [6, 6.07) is -0.847. The summed E-state index contributed by atoms with van der Waals surface area (Å²) >= 11 is 1.46. The minimum absolute atomic E-state index is 0.344. The first-order valence-corrected chi connectivity index (χ1v) is 4.64. The van der Waals surface area contributed by atoms with Crippen LogP contribution >= 0.6 is 11.3 Å². The van der Waals surface area contributed by atoms with Crippen molar-refractivity contribution in [2.45, 2.75) is 12.6 Å². The second-order valence-corrected chi connectivity index (χ2v) is 3.41. The van der Waals surface area contributed by atoms with E-state index < -0.39 is 6.04 Å². The number of carbonyl (C=O) groups excluding carboxylic acids is 1. The van der Waals surface area contributed by atoms with Crippen LogP contribution in [0.25, 0.3) is 0 Å². The van der Waals surface area contributed by atoms with Crippen LogP contribution in [0.5, 0.6) is 0 Å². The van der Waals surface area contributed by atoms with Crippen LogP contribution in [0.15, 0.2) is 11.6 Å². The molecule has 0 radical (unpaired) electrons. The van der Waals surface area contributed by atoms with Crippen LogP contribution < -0.4 is 11.1 Å². The number of thiazole rings is 1. The van der Waals surface area contributed by atoms with E-state index in [0.717, 1.165) is 5.01 Å². The number of nitrogens with one attached hydrogen (secondary N) is 1. The van der Waals surface area contributed by atoms with E-state index in [1.165, 1.54) is 11.3 Å². The van der Waals surface area contributed by atoms with Crippen molar-refractivity contribution in [3.63, 3.8) is 0 Å². The number of carbonyl (C=O) groups is 1. The molecule has 1 rings (SSSR count). The van der Waals surface area contributed by atoms with E-state index in [1.54, 1.807) is 6.20 Å². The van der Waals surface area contributed by atoms with Gasteiger partial charge in [0, 0.05) is 11.6 Å². The molecule has 4 N–H and O–H groups in total. The van der Waals surface area contributed by atoms with Crippen LogP contribution in [-0.2, 0) is 11.3 Å². The molecule has 0 fully saturated rings. The molecule has 1 aromatic heterocycles. The van der Waals surface area contributed by atoms with E-state index in [2.05, 4.69) is 10.3 Å². The van der Waals surface area contributed by atoms with E-state index in [1.807, 2.05) is 5.38 Å². The maximum absolute atomic E-state index is 11.1. The van der Waals surface area contributed by atoms with Crippen LogP contribution in [0.3, 0.4) is 0 Å². The SMILES string of the molecule is N[C@@H](CO)C(=O)NCc1nccs1. The lowest BCUT2D eigenvalue weighted by atomic mass is 10.3. The standard InChI is InChI=1S/C7H11N3O2S/c8-5(4-11)7(12)10-3-6-9-1-2-13-6/h1-2,5,11H,3-4,8H2,(H,10,12)/t5-/m0/s1. The van der Waals surface area contributed by atoms with Gasteiger partial charge in [-0.05, 0) is 0 Å². The third-order valence-electron chi connectivity index (χ3n) is 1.43. The first-order chi connectivity index (χ1) is 6.24. The van der Waals surface area contributed by atoms with Crippen LogP contribution in [0.1, 0.15) is 5.01 Å². The topological polar surface area (TPSA) is 88.2 Å². The molecular formula is C7H11N3O2S. The molecule has 1 amide bonds. The Balaban J connectivity index is 2.31. The van der Waals surface area contributed by atoms with Gasteiger partial charge >= 0.3 is 0 Å². The normalized spacial score (nSPS) is 12.5. The highest BCUT2D eigenvalue weighted by atomic mass is 32.1. The number of hydrogen-bond acceptors (Lipinski definition) is 5. The highest BCUT2D eigenvalue weighted by molar-refractivity contribution is 7.09. The summed E-state index contributed by atoms with van der Waals surface area (Å²) in [5, 5.41) is 13.8. The lowest BCUT2D eigenvalue weighted by Gasteiger charge is -2.07. The van der Waals surface area contributed by atoms with Crippen molar-refractivity contribution in [3.05, 3.63) is 16.6 Å². The van der Waals surface area contributed by atoms with Crippen molar-refractivity contribution in [2.75, 3.05) is 6.61 Å². The fraction of sp³-hybridized carbons (Fsp3) is 0.429. The molecule has 0 saturated carbocycles. The summed E-state index contributed by atoms with van der Waals surface area (Å²) in [6.07, 6.45) is 1.66. The molecule has 6 heteroatoms. The number of amides is 1. The molecule has 1 atom stereocenters. The van der Waals surface area contributed by atoms with E-state index >= 15 is 0 Å². The number of rotatable bonds is 4. The summed E-state index contributed by atoms with van der Waals surface area (Å²) in [5.74, 6) is -0.363. The van der Waals surface area contributed by atoms with Crippen molar-refractivity contribution < 1.29 is 9.90 Å². The quantitative estimate of drug-likeness (QED) is 0.588. The molecule has 0 aliphatic heterocycles. The van der Waals surface area contributed by atoms with Gasteiger partial charge in [0.25, 0.3) is 0 Å². The number of aliphatic hydroxyl groups excluding tert-OH is 1. The molecule has 0 unspecified atom stereocenters. The Labute approximate surface area is 79.6 Å². The highest BCUT2D eigenvalue weighted by Crippen LogP contribution is 2.02. The predicted octanol–water partition coefficient (Wildman–Crippen LogP) is -0.921. The molecule has 0 aliphatic rings. The lowest BCUT2D eigenvalue weighted by Crippen LogP contribution is -2.42. The predicted molar refractivity (Wildman–Crippen MR) is 49.0 cm³/mol. The van der Waals surface area contributed by atoms with Crippen molar-refractivity contribution in [2.24, 2.45) is 5.73 Å². The van der Waals surface area contributed by atoms with Crippen molar-refractivity contribution in [1.82, 2.24) is 10.3 Å². The molecule has 1 heterocycles. The van der Waals surface area contributed by atoms with E-state index in [-0.39, 0.29) is 12.5 Å². The maximum Gasteiger partial charge on any atom is 0.239 e. The van der Waals surface area contributed by atoms with Gasteiger partial charge in [0.05, 0.1) is 13.2 Å². The summed E-state index contributed by atoms with van der Waals surface area (Å²) in [4.78, 5) is 15.0. The smallest absolute Gasteiger partial charge is 0.239 e. The van der Waals surface area contributed by atoms with Crippen molar-refractivity contribution in [1.29, 1.82) is 0 Å². The maximum atomic E-state index is 11.1. The van der Waals surface area contributed by atoms with Gasteiger partial charge < -0.3 is 16.2 Å². The Morgan fingerprint density at radius 2 is 2.62 bits per heavy atom. The zero-order valence-electron chi connectivity index (χ0n) is 6.93. The summed E-state index contributed by atoms with van der Waals surface area (Å²) in [6.45, 7) is 0.0217. The molecule has 0 saturated heterocycles. The van der Waals surface area contributed by atoms with Gasteiger partial charge in [-0.15, -0.1) is 11.3 Å². The van der Waals surface area contributed by atoms with Crippen LogP contribution in [0, 0.1) is 0 Å². The molecule has 5 nitrogen and oxygen atoms in total. The summed E-state index contributed by atoms with van der Waals surface area (Å²) in [7, 11) is 0. The van der Waals surface area contributed by atoms with Gasteiger partial charge in [-0.3, -0.25) is 4.79 Å². The molecule has 0 aliphatic carbocycles. The van der Waals surface area contributed by atoms with Gasteiger partial charge in [0.15, 0.2) is 0 Å². The third kappa shape index (κ3) is 3.10. The Kier molecular flexibility index (Phi) is 3.81. The average molecular weight is 201 g/mol. The molecule has 0 bridgehead atoms. The fourth-order valence-electron chi connectivity index (χ4n) is 0.717. The van der Waals surface area contributed by atoms with Crippen LogP contribution in [-0.4, -0.2) is 28.6 Å². The highest BCUT2D eigenvalue weighted by Gasteiger charge is 2.11. The number of hydrogen-bond donors (Lipinski definition) is 3. The Morgan fingerprint density at radius 3 is 3.15 bits per heavy atom. The molecule has 72 valence electrons. The van der Waals surface area contributed by atoms with E-state index in [9.17, 15) is 4.79 Å². The molecule has 0 spiro atoms. The Bertz CT molecular complexity index is 263. The summed E-state index contributed by atoms with van der Waals surface area (Å²) < 4.78 is 0. The third-order valence-corrected chi connectivity index (χ3v) is 2.21. The van der Waals surface area contributed by atoms with Gasteiger partial charge in [-0.2, -0.15) is 0 Å². The van der Waals surface area contributed by atoms with Crippen molar-refractivity contribution >= 4 is 17.2 Å². The van der Waals surface area contributed by atoms with Crippen molar-refractivity contribution in [3.8, 4) is 0 Å². The second kappa shape index (κ2) is 4.90. The van der Waals surface area contributed by atoms with Gasteiger partial charge in [0.1, 0.15) is 11.0 Å². The number of aliphatic hydroxyl groups is 1. The first kappa shape index (κ1) is 10.1. The zero-order chi connectivity index (χ0) is 9.68. The van der Waals surface area contributed by atoms with E-state index in [0.29, 0.717) is 6.54 Å². The van der Waals surface area contributed by atoms with Gasteiger partial charge in [-0.25, -0.2) is 4.98 Å². The average Bonchev–Trinajstić information content (AvgIpc) is 2.65. The zero-order valence-corrected chi connectivity index (χ0v) is 7.75. The Morgan fingerprint density at radius 1 is 1.85 bits per heavy atom. The first-order valence-electron chi connectivity index (χ1n) is 3.76. The van der Waals surface area contributed by atoms with Gasteiger partial charge in [-0.1, -0.05) is 0 Å². The van der Waals surface area contributed by atoms with Crippen LogP contribution in [0.2, 0.25) is 0 Å². The molecule has 0 aromatic carbocycles. The number of aromatic nitrogens is 1. The molecule has 1 aromatic rings. The Hall–Kier alpha value is -0.980. The lowest BCUT2D eigenvalue weighted by molar-refractivity contribution is -0.123. The fourth-order valence-corrected chi connectivity index (χ4v) is 1.27. The van der Waals surface area contributed by atoms with Gasteiger partial charge in [0.2, 0.25) is 5.91 Å². The second-order valence-electron chi connectivity index (χ2n) is 2.43.